The van der Waals surface area contributed by atoms with Gasteiger partial charge in [0.25, 0.3) is 0 Å². The summed E-state index contributed by atoms with van der Waals surface area (Å²) in [4.78, 5) is 16.5. The van der Waals surface area contributed by atoms with Gasteiger partial charge in [-0.1, -0.05) is 0 Å². The maximum atomic E-state index is 13.0. The topological polar surface area (TPSA) is 23.6 Å². The normalized spacial score (nSPS) is 15.7. The molecule has 2 aromatic rings. The lowest BCUT2D eigenvalue weighted by Crippen LogP contribution is -2.48. The summed E-state index contributed by atoms with van der Waals surface area (Å²) in [5.41, 5.74) is 1.53. The molecule has 0 atom stereocenters. The fraction of sp³-hybridized carbons (Fsp3) is 0.278. The van der Waals surface area contributed by atoms with E-state index in [-0.39, 0.29) is 17.4 Å². The molecule has 1 saturated heterocycles. The zero-order valence-electron chi connectivity index (χ0n) is 12.7. The largest absolute Gasteiger partial charge is 0.369 e. The van der Waals surface area contributed by atoms with E-state index in [1.165, 1.54) is 36.4 Å². The lowest BCUT2D eigenvalue weighted by Gasteiger charge is -2.35. The van der Waals surface area contributed by atoms with Crippen LogP contribution in [0.5, 0.6) is 0 Å². The van der Waals surface area contributed by atoms with Crippen LogP contribution in [-0.2, 0) is 0 Å². The van der Waals surface area contributed by atoms with Crippen LogP contribution in [0.4, 0.5) is 14.5 Å². The Labute approximate surface area is 134 Å². The Morgan fingerprint density at radius 3 is 1.91 bits per heavy atom. The summed E-state index contributed by atoms with van der Waals surface area (Å²) in [6.07, 6.45) is 0. The highest BCUT2D eigenvalue weighted by Gasteiger charge is 2.19. The van der Waals surface area contributed by atoms with Gasteiger partial charge in [-0.25, -0.2) is 8.78 Å². The van der Waals surface area contributed by atoms with E-state index in [1.807, 2.05) is 0 Å². The van der Waals surface area contributed by atoms with Crippen molar-refractivity contribution in [3.8, 4) is 0 Å². The molecule has 1 aliphatic rings. The summed E-state index contributed by atoms with van der Waals surface area (Å²) >= 11 is 0. The molecule has 2 aromatic carbocycles. The van der Waals surface area contributed by atoms with Gasteiger partial charge in [0, 0.05) is 37.4 Å². The van der Waals surface area contributed by atoms with Gasteiger partial charge in [-0.2, -0.15) is 0 Å². The number of Topliss-reactive ketones (excluding diaryl/α,β-unsaturated/α-hetero) is 1. The van der Waals surface area contributed by atoms with Crippen LogP contribution >= 0.6 is 0 Å². The van der Waals surface area contributed by atoms with Gasteiger partial charge in [0.1, 0.15) is 11.6 Å². The van der Waals surface area contributed by atoms with Gasteiger partial charge in [-0.15, -0.1) is 0 Å². The molecule has 0 radical (unpaired) electrons. The molecule has 3 nitrogen and oxygen atoms in total. The average molecular weight is 316 g/mol. The first kappa shape index (κ1) is 15.6. The molecule has 0 amide bonds. The van der Waals surface area contributed by atoms with Gasteiger partial charge >= 0.3 is 0 Å². The van der Waals surface area contributed by atoms with E-state index in [2.05, 4.69) is 9.80 Å². The summed E-state index contributed by atoms with van der Waals surface area (Å²) in [5.74, 6) is -0.577. The number of anilines is 1. The Kier molecular flexibility index (Phi) is 4.67. The maximum Gasteiger partial charge on any atom is 0.176 e. The summed E-state index contributed by atoms with van der Waals surface area (Å²) < 4.78 is 25.8. The van der Waals surface area contributed by atoms with Crippen LogP contribution in [0.1, 0.15) is 10.4 Å². The number of carbonyl (C=O) groups is 1. The second-order valence-electron chi connectivity index (χ2n) is 5.67. The third-order valence-electron chi connectivity index (χ3n) is 4.10. The Bertz CT molecular complexity index is 662. The smallest absolute Gasteiger partial charge is 0.176 e. The number of carbonyl (C=O) groups excluding carboxylic acids is 1. The molecule has 0 saturated carbocycles. The molecule has 5 heteroatoms. The van der Waals surface area contributed by atoms with Crippen molar-refractivity contribution in [3.63, 3.8) is 0 Å². The number of hydrogen-bond donors (Lipinski definition) is 0. The first-order valence-electron chi connectivity index (χ1n) is 7.63. The average Bonchev–Trinajstić information content (AvgIpc) is 2.57. The SMILES string of the molecule is O=C(CN1CCN(c2ccc(F)cc2)CC1)c1ccc(F)cc1. The second kappa shape index (κ2) is 6.87. The van der Waals surface area contributed by atoms with Crippen LogP contribution in [0.3, 0.4) is 0 Å². The van der Waals surface area contributed by atoms with E-state index in [1.54, 1.807) is 12.1 Å². The zero-order valence-corrected chi connectivity index (χ0v) is 12.7. The molecule has 0 aromatic heterocycles. The maximum absolute atomic E-state index is 13.0. The molecule has 0 spiro atoms. The summed E-state index contributed by atoms with van der Waals surface area (Å²) in [6, 6.07) is 12.1. The molecule has 0 aliphatic carbocycles. The number of hydrogen-bond acceptors (Lipinski definition) is 3. The summed E-state index contributed by atoms with van der Waals surface area (Å²) in [5, 5.41) is 0. The van der Waals surface area contributed by atoms with Crippen molar-refractivity contribution in [2.45, 2.75) is 0 Å². The molecular weight excluding hydrogens is 298 g/mol. The zero-order chi connectivity index (χ0) is 16.2. The minimum atomic E-state index is -0.338. The number of nitrogens with zero attached hydrogens (tertiary/aromatic N) is 2. The van der Waals surface area contributed by atoms with E-state index in [0.29, 0.717) is 12.1 Å². The van der Waals surface area contributed by atoms with Crippen molar-refractivity contribution >= 4 is 11.5 Å². The minimum absolute atomic E-state index is 0.000215. The van der Waals surface area contributed by atoms with Gasteiger partial charge in [0.2, 0.25) is 0 Å². The van der Waals surface area contributed by atoms with Crippen molar-refractivity contribution in [2.75, 3.05) is 37.6 Å². The van der Waals surface area contributed by atoms with Crippen molar-refractivity contribution in [2.24, 2.45) is 0 Å². The number of piperazine rings is 1. The molecule has 0 unspecified atom stereocenters. The van der Waals surface area contributed by atoms with Crippen LogP contribution in [0.25, 0.3) is 0 Å². The van der Waals surface area contributed by atoms with Crippen molar-refractivity contribution in [1.29, 1.82) is 0 Å². The van der Waals surface area contributed by atoms with Gasteiger partial charge in [0.15, 0.2) is 5.78 Å². The summed E-state index contributed by atoms with van der Waals surface area (Å²) in [6.45, 7) is 3.46. The predicted octanol–water partition coefficient (Wildman–Crippen LogP) is 2.97. The Morgan fingerprint density at radius 2 is 1.35 bits per heavy atom. The highest BCUT2D eigenvalue weighted by atomic mass is 19.1. The van der Waals surface area contributed by atoms with E-state index in [0.717, 1.165) is 31.9 Å². The predicted molar refractivity (Wildman–Crippen MR) is 85.8 cm³/mol. The van der Waals surface area contributed by atoms with E-state index < -0.39 is 0 Å². The Morgan fingerprint density at radius 1 is 0.826 bits per heavy atom. The van der Waals surface area contributed by atoms with Gasteiger partial charge in [-0.05, 0) is 48.5 Å². The number of halogens is 2. The van der Waals surface area contributed by atoms with E-state index in [4.69, 9.17) is 0 Å². The molecule has 0 bridgehead atoms. The Balaban J connectivity index is 1.53. The van der Waals surface area contributed by atoms with Crippen LogP contribution in [0.2, 0.25) is 0 Å². The van der Waals surface area contributed by atoms with Gasteiger partial charge < -0.3 is 4.90 Å². The standard InChI is InChI=1S/C18H18F2N2O/c19-15-3-1-14(2-4-15)18(23)13-21-9-11-22(12-10-21)17-7-5-16(20)6-8-17/h1-8H,9-13H2. The minimum Gasteiger partial charge on any atom is -0.369 e. The summed E-state index contributed by atoms with van der Waals surface area (Å²) in [7, 11) is 0. The second-order valence-corrected chi connectivity index (χ2v) is 5.67. The number of rotatable bonds is 4. The van der Waals surface area contributed by atoms with Gasteiger partial charge in [0.05, 0.1) is 6.54 Å². The lowest BCUT2D eigenvalue weighted by atomic mass is 10.1. The van der Waals surface area contributed by atoms with Crippen molar-refractivity contribution in [1.82, 2.24) is 4.90 Å². The highest BCUT2D eigenvalue weighted by Crippen LogP contribution is 2.17. The molecule has 3 rings (SSSR count). The fourth-order valence-corrected chi connectivity index (χ4v) is 2.75. The molecular formula is C18H18F2N2O. The van der Waals surface area contributed by atoms with Crippen LogP contribution < -0.4 is 4.90 Å². The third kappa shape index (κ3) is 3.93. The van der Waals surface area contributed by atoms with Crippen LogP contribution in [0, 0.1) is 11.6 Å². The van der Waals surface area contributed by atoms with Crippen molar-refractivity contribution in [3.05, 3.63) is 65.7 Å². The monoisotopic (exact) mass is 316 g/mol. The first-order valence-corrected chi connectivity index (χ1v) is 7.63. The fourth-order valence-electron chi connectivity index (χ4n) is 2.75. The first-order chi connectivity index (χ1) is 11.1. The number of ketones is 1. The van der Waals surface area contributed by atoms with E-state index >= 15 is 0 Å². The molecule has 1 fully saturated rings. The molecule has 120 valence electrons. The third-order valence-corrected chi connectivity index (χ3v) is 4.10. The molecule has 23 heavy (non-hydrogen) atoms. The van der Waals surface area contributed by atoms with E-state index in [9.17, 15) is 13.6 Å². The molecule has 1 heterocycles. The highest BCUT2D eigenvalue weighted by molar-refractivity contribution is 5.97. The van der Waals surface area contributed by atoms with Crippen molar-refractivity contribution < 1.29 is 13.6 Å². The lowest BCUT2D eigenvalue weighted by molar-refractivity contribution is 0.0926. The van der Waals surface area contributed by atoms with Crippen LogP contribution in [-0.4, -0.2) is 43.4 Å². The molecule has 0 N–H and O–H groups in total. The quantitative estimate of drug-likeness (QED) is 0.810. The van der Waals surface area contributed by atoms with Gasteiger partial charge in [-0.3, -0.25) is 9.69 Å². The number of benzene rings is 2. The molecule has 1 aliphatic heterocycles. The Hall–Kier alpha value is -2.27. The van der Waals surface area contributed by atoms with Crippen LogP contribution in [0.15, 0.2) is 48.5 Å².